The molecule has 0 fully saturated rings. The zero-order chi connectivity index (χ0) is 17.2. The second kappa shape index (κ2) is 6.19. The van der Waals surface area contributed by atoms with Crippen molar-refractivity contribution in [1.29, 1.82) is 0 Å². The van der Waals surface area contributed by atoms with Gasteiger partial charge in [-0.25, -0.2) is 9.97 Å². The van der Waals surface area contributed by atoms with Crippen LogP contribution in [0.25, 0.3) is 11.3 Å². The fraction of sp³-hybridized carbons (Fsp3) is 0.0588. The number of hydrogen-bond donors (Lipinski definition) is 2. The first kappa shape index (κ1) is 15.8. The van der Waals surface area contributed by atoms with Crippen molar-refractivity contribution in [3.63, 3.8) is 0 Å². The molecule has 1 aromatic heterocycles. The second-order valence-electron chi connectivity index (χ2n) is 5.02. The zero-order valence-electron chi connectivity index (χ0n) is 12.2. The van der Waals surface area contributed by atoms with E-state index in [0.29, 0.717) is 16.9 Å². The quantitative estimate of drug-likeness (QED) is 0.736. The van der Waals surface area contributed by atoms with E-state index in [9.17, 15) is 18.3 Å². The maximum absolute atomic E-state index is 12.8. The van der Waals surface area contributed by atoms with E-state index in [1.165, 1.54) is 30.5 Å². The summed E-state index contributed by atoms with van der Waals surface area (Å²) in [5.41, 5.74) is 0.530. The number of aromatic nitrogens is 2. The van der Waals surface area contributed by atoms with Gasteiger partial charge in [0.1, 0.15) is 5.75 Å². The number of halogens is 3. The van der Waals surface area contributed by atoms with E-state index in [1.54, 1.807) is 18.2 Å². The minimum absolute atomic E-state index is 0.0778. The number of anilines is 2. The number of alkyl halides is 3. The third kappa shape index (κ3) is 3.62. The predicted octanol–water partition coefficient (Wildman–Crippen LogP) is 4.61. The molecule has 0 saturated heterocycles. The molecular formula is C17H12F3N3O. The van der Waals surface area contributed by atoms with Crippen molar-refractivity contribution in [3.8, 4) is 17.0 Å². The van der Waals surface area contributed by atoms with E-state index in [0.717, 1.165) is 12.1 Å². The fourth-order valence-electron chi connectivity index (χ4n) is 2.15. The van der Waals surface area contributed by atoms with Gasteiger partial charge >= 0.3 is 6.18 Å². The van der Waals surface area contributed by atoms with Crippen LogP contribution in [0.5, 0.6) is 5.75 Å². The molecule has 4 nitrogen and oxygen atoms in total. The molecule has 0 aliphatic rings. The molecule has 24 heavy (non-hydrogen) atoms. The van der Waals surface area contributed by atoms with Crippen LogP contribution in [0.4, 0.5) is 24.8 Å². The van der Waals surface area contributed by atoms with E-state index in [-0.39, 0.29) is 11.7 Å². The molecule has 0 unspecified atom stereocenters. The lowest BCUT2D eigenvalue weighted by atomic mass is 10.1. The Morgan fingerprint density at radius 1 is 0.958 bits per heavy atom. The van der Waals surface area contributed by atoms with Crippen molar-refractivity contribution < 1.29 is 18.3 Å². The summed E-state index contributed by atoms with van der Waals surface area (Å²) in [7, 11) is 0. The average molecular weight is 331 g/mol. The van der Waals surface area contributed by atoms with Gasteiger partial charge in [0.2, 0.25) is 5.95 Å². The van der Waals surface area contributed by atoms with Gasteiger partial charge < -0.3 is 10.4 Å². The minimum Gasteiger partial charge on any atom is -0.508 e. The maximum atomic E-state index is 12.8. The highest BCUT2D eigenvalue weighted by atomic mass is 19.4. The molecule has 2 N–H and O–H groups in total. The topological polar surface area (TPSA) is 58.0 Å². The van der Waals surface area contributed by atoms with Crippen molar-refractivity contribution in [2.24, 2.45) is 0 Å². The number of rotatable bonds is 3. The molecule has 122 valence electrons. The summed E-state index contributed by atoms with van der Waals surface area (Å²) in [4.78, 5) is 8.25. The molecule has 0 bridgehead atoms. The van der Waals surface area contributed by atoms with Gasteiger partial charge in [-0.2, -0.15) is 13.2 Å². The van der Waals surface area contributed by atoms with Crippen LogP contribution in [-0.2, 0) is 6.18 Å². The molecule has 0 radical (unpaired) electrons. The largest absolute Gasteiger partial charge is 0.508 e. The lowest BCUT2D eigenvalue weighted by Gasteiger charge is -2.10. The summed E-state index contributed by atoms with van der Waals surface area (Å²) in [6, 6.07) is 12.8. The smallest absolute Gasteiger partial charge is 0.416 e. The van der Waals surface area contributed by atoms with Crippen molar-refractivity contribution in [3.05, 3.63) is 66.4 Å². The third-order valence-corrected chi connectivity index (χ3v) is 3.24. The molecule has 0 amide bonds. The highest BCUT2D eigenvalue weighted by molar-refractivity contribution is 5.63. The standard InChI is InChI=1S/C17H12F3N3O/c18-17(19,20)12-4-1-3-11(9-12)15-7-8-21-16(23-15)22-13-5-2-6-14(24)10-13/h1-10,24H,(H,21,22,23). The van der Waals surface area contributed by atoms with Crippen molar-refractivity contribution >= 4 is 11.6 Å². The summed E-state index contributed by atoms with van der Waals surface area (Å²) < 4.78 is 38.5. The van der Waals surface area contributed by atoms with Gasteiger partial charge in [0.15, 0.2) is 0 Å². The van der Waals surface area contributed by atoms with Crippen LogP contribution >= 0.6 is 0 Å². The van der Waals surface area contributed by atoms with Crippen molar-refractivity contribution in [2.45, 2.75) is 6.18 Å². The molecule has 0 aliphatic carbocycles. The van der Waals surface area contributed by atoms with E-state index >= 15 is 0 Å². The van der Waals surface area contributed by atoms with Gasteiger partial charge in [0, 0.05) is 23.5 Å². The van der Waals surface area contributed by atoms with Gasteiger partial charge in [0.05, 0.1) is 11.3 Å². The fourth-order valence-corrected chi connectivity index (χ4v) is 2.15. The number of hydrogen-bond acceptors (Lipinski definition) is 4. The van der Waals surface area contributed by atoms with Crippen molar-refractivity contribution in [1.82, 2.24) is 9.97 Å². The summed E-state index contributed by atoms with van der Waals surface area (Å²) in [6.45, 7) is 0. The minimum atomic E-state index is -4.41. The van der Waals surface area contributed by atoms with Gasteiger partial charge in [-0.05, 0) is 30.3 Å². The van der Waals surface area contributed by atoms with Crippen LogP contribution in [0, 0.1) is 0 Å². The van der Waals surface area contributed by atoms with Crippen LogP contribution in [0.2, 0.25) is 0 Å². The summed E-state index contributed by atoms with van der Waals surface area (Å²) in [6.07, 6.45) is -2.96. The van der Waals surface area contributed by atoms with Crippen LogP contribution in [0.3, 0.4) is 0 Å². The van der Waals surface area contributed by atoms with Crippen LogP contribution in [0.15, 0.2) is 60.8 Å². The van der Waals surface area contributed by atoms with Crippen LogP contribution < -0.4 is 5.32 Å². The molecule has 3 rings (SSSR count). The third-order valence-electron chi connectivity index (χ3n) is 3.24. The average Bonchev–Trinajstić information content (AvgIpc) is 2.54. The lowest BCUT2D eigenvalue weighted by Crippen LogP contribution is -2.04. The molecule has 0 spiro atoms. The Kier molecular flexibility index (Phi) is 4.07. The molecule has 1 heterocycles. The Bertz CT molecular complexity index is 865. The van der Waals surface area contributed by atoms with Gasteiger partial charge in [-0.1, -0.05) is 18.2 Å². The molecule has 2 aromatic carbocycles. The highest BCUT2D eigenvalue weighted by Gasteiger charge is 2.30. The number of nitrogens with one attached hydrogen (secondary N) is 1. The molecule has 7 heteroatoms. The first-order valence-corrected chi connectivity index (χ1v) is 6.98. The highest BCUT2D eigenvalue weighted by Crippen LogP contribution is 2.31. The number of benzene rings is 2. The summed E-state index contributed by atoms with van der Waals surface area (Å²) >= 11 is 0. The second-order valence-corrected chi connectivity index (χ2v) is 5.02. The normalized spacial score (nSPS) is 11.3. The van der Waals surface area contributed by atoms with Gasteiger partial charge in [-0.15, -0.1) is 0 Å². The molecular weight excluding hydrogens is 319 g/mol. The zero-order valence-corrected chi connectivity index (χ0v) is 12.2. The Hall–Kier alpha value is -3.09. The van der Waals surface area contributed by atoms with Gasteiger partial charge in [0.25, 0.3) is 0 Å². The van der Waals surface area contributed by atoms with Crippen molar-refractivity contribution in [2.75, 3.05) is 5.32 Å². The SMILES string of the molecule is Oc1cccc(Nc2nccc(-c3cccc(C(F)(F)F)c3)n2)c1. The number of aromatic hydroxyl groups is 1. The first-order chi connectivity index (χ1) is 11.4. The predicted molar refractivity (Wildman–Crippen MR) is 83.9 cm³/mol. The molecule has 0 aliphatic heterocycles. The van der Waals surface area contributed by atoms with E-state index < -0.39 is 11.7 Å². The van der Waals surface area contributed by atoms with E-state index in [4.69, 9.17) is 0 Å². The molecule has 3 aromatic rings. The Labute approximate surface area is 135 Å². The summed E-state index contributed by atoms with van der Waals surface area (Å²) in [5, 5.41) is 12.3. The lowest BCUT2D eigenvalue weighted by molar-refractivity contribution is -0.137. The number of nitrogens with zero attached hydrogens (tertiary/aromatic N) is 2. The van der Waals surface area contributed by atoms with Crippen LogP contribution in [-0.4, -0.2) is 15.1 Å². The monoisotopic (exact) mass is 331 g/mol. The van der Waals surface area contributed by atoms with Gasteiger partial charge in [-0.3, -0.25) is 0 Å². The maximum Gasteiger partial charge on any atom is 0.416 e. The molecule has 0 atom stereocenters. The Morgan fingerprint density at radius 2 is 1.75 bits per heavy atom. The Balaban J connectivity index is 1.91. The molecule has 0 saturated carbocycles. The summed E-state index contributed by atoms with van der Waals surface area (Å²) in [5.74, 6) is 0.296. The number of phenolic OH excluding ortho intramolecular Hbond substituents is 1. The van der Waals surface area contributed by atoms with Crippen LogP contribution in [0.1, 0.15) is 5.56 Å². The Morgan fingerprint density at radius 3 is 2.50 bits per heavy atom. The van der Waals surface area contributed by atoms with E-state index in [2.05, 4.69) is 15.3 Å². The number of phenols is 1. The van der Waals surface area contributed by atoms with E-state index in [1.807, 2.05) is 0 Å². The first-order valence-electron chi connectivity index (χ1n) is 6.98.